The lowest BCUT2D eigenvalue weighted by atomic mass is 10.2. The summed E-state index contributed by atoms with van der Waals surface area (Å²) in [6, 6.07) is 11.3. The monoisotopic (exact) mass is 387 g/mol. The number of hydrogen-bond donors (Lipinski definition) is 1. The van der Waals surface area contributed by atoms with E-state index in [2.05, 4.69) is 25.6 Å². The van der Waals surface area contributed by atoms with Gasteiger partial charge in [0.25, 0.3) is 0 Å². The van der Waals surface area contributed by atoms with Crippen LogP contribution in [0.15, 0.2) is 54.9 Å². The number of rotatable bonds is 7. The zero-order valence-electron chi connectivity index (χ0n) is 14.6. The van der Waals surface area contributed by atoms with Crippen LogP contribution in [-0.2, 0) is 4.79 Å². The molecule has 0 unspecified atom stereocenters. The highest BCUT2D eigenvalue weighted by molar-refractivity contribution is 6.02. The summed E-state index contributed by atoms with van der Waals surface area (Å²) in [7, 11) is 1.34. The second-order valence-electron chi connectivity index (χ2n) is 5.42. The van der Waals surface area contributed by atoms with Crippen LogP contribution in [0, 0.1) is 0 Å². The Morgan fingerprint density at radius 2 is 2.07 bits per heavy atom. The zero-order chi connectivity index (χ0) is 19.9. The molecule has 2 aromatic carbocycles. The van der Waals surface area contributed by atoms with Gasteiger partial charge in [0, 0.05) is 11.8 Å². The maximum atomic E-state index is 12.4. The van der Waals surface area contributed by atoms with E-state index in [0.29, 0.717) is 16.9 Å². The Kier molecular flexibility index (Phi) is 5.90. The summed E-state index contributed by atoms with van der Waals surface area (Å²) in [5.41, 5.74) is 1.82. The Bertz CT molecular complexity index is 977. The van der Waals surface area contributed by atoms with Gasteiger partial charge in [-0.05, 0) is 52.4 Å². The number of alkyl halides is 2. The van der Waals surface area contributed by atoms with Gasteiger partial charge in [0.1, 0.15) is 6.33 Å². The van der Waals surface area contributed by atoms with E-state index in [0.717, 1.165) is 0 Å². The van der Waals surface area contributed by atoms with E-state index in [1.165, 1.54) is 48.5 Å². The number of nitrogens with one attached hydrogen (secondary N) is 1. The van der Waals surface area contributed by atoms with E-state index in [9.17, 15) is 13.6 Å². The standard InChI is InChI=1S/C18H15F2N5O3/c1-27-16-9-12(5-7-15(16)28-18(19)20)6-8-17(26)22-13-3-2-4-14(10-13)25-11-21-23-24-25/h2-11,18H,1H3,(H,22,26)/b8-6+. The lowest BCUT2D eigenvalue weighted by Crippen LogP contribution is -2.08. The smallest absolute Gasteiger partial charge is 0.387 e. The third-order valence-electron chi connectivity index (χ3n) is 3.56. The fourth-order valence-electron chi connectivity index (χ4n) is 2.34. The summed E-state index contributed by atoms with van der Waals surface area (Å²) in [6.45, 7) is -2.95. The number of anilines is 1. The summed E-state index contributed by atoms with van der Waals surface area (Å²) < 4.78 is 35.6. The number of ether oxygens (including phenoxy) is 2. The number of benzene rings is 2. The van der Waals surface area contributed by atoms with E-state index in [1.807, 2.05) is 0 Å². The van der Waals surface area contributed by atoms with Crippen molar-refractivity contribution < 1.29 is 23.0 Å². The molecular formula is C18H15F2N5O3. The van der Waals surface area contributed by atoms with E-state index >= 15 is 0 Å². The molecule has 3 aromatic rings. The summed E-state index contributed by atoms with van der Waals surface area (Å²) in [4.78, 5) is 12.2. The molecule has 144 valence electrons. The van der Waals surface area contributed by atoms with Crippen molar-refractivity contribution in [1.29, 1.82) is 0 Å². The fraction of sp³-hybridized carbons (Fsp3) is 0.111. The summed E-state index contributed by atoms with van der Waals surface area (Å²) in [5, 5.41) is 13.6. The van der Waals surface area contributed by atoms with Crippen molar-refractivity contribution in [3.05, 3.63) is 60.4 Å². The van der Waals surface area contributed by atoms with Gasteiger partial charge in [0.15, 0.2) is 11.5 Å². The second-order valence-corrected chi connectivity index (χ2v) is 5.42. The zero-order valence-corrected chi connectivity index (χ0v) is 14.6. The minimum absolute atomic E-state index is 0.0847. The van der Waals surface area contributed by atoms with Gasteiger partial charge in [-0.2, -0.15) is 8.78 Å². The van der Waals surface area contributed by atoms with Crippen LogP contribution in [0.3, 0.4) is 0 Å². The van der Waals surface area contributed by atoms with Crippen molar-refractivity contribution in [2.24, 2.45) is 0 Å². The van der Waals surface area contributed by atoms with Crippen LogP contribution >= 0.6 is 0 Å². The van der Waals surface area contributed by atoms with Crippen LogP contribution < -0.4 is 14.8 Å². The van der Waals surface area contributed by atoms with Gasteiger partial charge in [0.2, 0.25) is 5.91 Å². The van der Waals surface area contributed by atoms with Crippen molar-refractivity contribution in [3.8, 4) is 17.2 Å². The van der Waals surface area contributed by atoms with Crippen molar-refractivity contribution >= 4 is 17.7 Å². The van der Waals surface area contributed by atoms with Crippen LogP contribution in [-0.4, -0.2) is 39.8 Å². The Balaban J connectivity index is 1.68. The second kappa shape index (κ2) is 8.71. The van der Waals surface area contributed by atoms with Crippen LogP contribution in [0.4, 0.5) is 14.5 Å². The molecule has 1 aromatic heterocycles. The van der Waals surface area contributed by atoms with Crippen LogP contribution in [0.1, 0.15) is 5.56 Å². The summed E-state index contributed by atoms with van der Waals surface area (Å²) in [6.07, 6.45) is 4.27. The molecule has 28 heavy (non-hydrogen) atoms. The topological polar surface area (TPSA) is 91.2 Å². The first-order chi connectivity index (χ1) is 13.5. The molecule has 0 fully saturated rings. The van der Waals surface area contributed by atoms with Gasteiger partial charge in [-0.15, -0.1) is 5.10 Å². The Morgan fingerprint density at radius 3 is 2.79 bits per heavy atom. The van der Waals surface area contributed by atoms with Gasteiger partial charge in [-0.3, -0.25) is 4.79 Å². The Morgan fingerprint density at radius 1 is 1.21 bits per heavy atom. The maximum absolute atomic E-state index is 12.4. The number of tetrazole rings is 1. The van der Waals surface area contributed by atoms with E-state index in [-0.39, 0.29) is 17.4 Å². The number of halogens is 2. The molecule has 0 saturated carbocycles. The first-order valence-corrected chi connectivity index (χ1v) is 8.00. The van der Waals surface area contributed by atoms with Crippen molar-refractivity contribution in [3.63, 3.8) is 0 Å². The van der Waals surface area contributed by atoms with Crippen LogP contribution in [0.2, 0.25) is 0 Å². The van der Waals surface area contributed by atoms with Gasteiger partial charge in [-0.1, -0.05) is 12.1 Å². The third-order valence-corrected chi connectivity index (χ3v) is 3.56. The quantitative estimate of drug-likeness (QED) is 0.627. The molecule has 0 spiro atoms. The SMILES string of the molecule is COc1cc(/C=C/C(=O)Nc2cccc(-n3cnnn3)c2)ccc1OC(F)F. The number of carbonyl (C=O) groups excluding carboxylic acids is 1. The fourth-order valence-corrected chi connectivity index (χ4v) is 2.34. The molecule has 0 radical (unpaired) electrons. The molecule has 1 amide bonds. The van der Waals surface area contributed by atoms with E-state index in [1.54, 1.807) is 24.3 Å². The largest absolute Gasteiger partial charge is 0.493 e. The number of carbonyl (C=O) groups is 1. The van der Waals surface area contributed by atoms with Gasteiger partial charge in [-0.25, -0.2) is 4.68 Å². The molecule has 3 rings (SSSR count). The molecule has 0 aliphatic rings. The molecule has 0 aliphatic carbocycles. The predicted molar refractivity (Wildman–Crippen MR) is 96.4 cm³/mol. The van der Waals surface area contributed by atoms with Gasteiger partial charge < -0.3 is 14.8 Å². The minimum Gasteiger partial charge on any atom is -0.493 e. The molecular weight excluding hydrogens is 372 g/mol. The number of amides is 1. The lowest BCUT2D eigenvalue weighted by Gasteiger charge is -2.10. The highest BCUT2D eigenvalue weighted by Gasteiger charge is 2.10. The summed E-state index contributed by atoms with van der Waals surface area (Å²) >= 11 is 0. The van der Waals surface area contributed by atoms with Crippen molar-refractivity contribution in [1.82, 2.24) is 20.2 Å². The highest BCUT2D eigenvalue weighted by Crippen LogP contribution is 2.29. The average molecular weight is 387 g/mol. The van der Waals surface area contributed by atoms with Gasteiger partial charge >= 0.3 is 6.61 Å². The Hall–Kier alpha value is -3.82. The minimum atomic E-state index is -2.95. The molecule has 10 heteroatoms. The molecule has 1 heterocycles. The van der Waals surface area contributed by atoms with Crippen LogP contribution in [0.25, 0.3) is 11.8 Å². The first-order valence-electron chi connectivity index (χ1n) is 8.00. The number of methoxy groups -OCH3 is 1. The molecule has 0 aliphatic heterocycles. The first kappa shape index (κ1) is 19.0. The predicted octanol–water partition coefficient (Wildman–Crippen LogP) is 2.92. The molecule has 8 nitrogen and oxygen atoms in total. The Labute approximate surface area is 158 Å². The summed E-state index contributed by atoms with van der Waals surface area (Å²) in [5.74, 6) is -0.323. The van der Waals surface area contributed by atoms with Crippen molar-refractivity contribution in [2.45, 2.75) is 6.61 Å². The van der Waals surface area contributed by atoms with Crippen molar-refractivity contribution in [2.75, 3.05) is 12.4 Å². The molecule has 0 bridgehead atoms. The van der Waals surface area contributed by atoms with Gasteiger partial charge in [0.05, 0.1) is 12.8 Å². The number of aromatic nitrogens is 4. The average Bonchev–Trinajstić information content (AvgIpc) is 3.22. The molecule has 0 atom stereocenters. The number of hydrogen-bond acceptors (Lipinski definition) is 6. The lowest BCUT2D eigenvalue weighted by molar-refractivity contribution is -0.111. The van der Waals surface area contributed by atoms with E-state index < -0.39 is 6.61 Å². The molecule has 0 saturated heterocycles. The third kappa shape index (κ3) is 4.87. The maximum Gasteiger partial charge on any atom is 0.387 e. The van der Waals surface area contributed by atoms with Crippen LogP contribution in [0.5, 0.6) is 11.5 Å². The van der Waals surface area contributed by atoms with E-state index in [4.69, 9.17) is 4.74 Å². The number of nitrogens with zero attached hydrogens (tertiary/aromatic N) is 4. The molecule has 1 N–H and O–H groups in total. The normalized spacial score (nSPS) is 11.0. The highest BCUT2D eigenvalue weighted by atomic mass is 19.3.